The molecule has 1 amide bonds. The number of nitrogens with zero attached hydrogens (tertiary/aromatic N) is 2. The fraction of sp³-hybridized carbons (Fsp3) is 0.160. The van der Waals surface area contributed by atoms with Gasteiger partial charge < -0.3 is 19.5 Å². The van der Waals surface area contributed by atoms with Crippen LogP contribution in [0.5, 0.6) is 11.5 Å². The lowest BCUT2D eigenvalue weighted by Gasteiger charge is -2.25. The zero-order valence-electron chi connectivity index (χ0n) is 17.4. The fourth-order valence-corrected chi connectivity index (χ4v) is 4.05. The normalized spacial score (nSPS) is 19.1. The molecule has 2 aliphatic rings. The smallest absolute Gasteiger partial charge is 0.296 e. The van der Waals surface area contributed by atoms with Crippen molar-refractivity contribution in [2.75, 3.05) is 13.2 Å². The van der Waals surface area contributed by atoms with Crippen molar-refractivity contribution in [3.63, 3.8) is 0 Å². The lowest BCUT2D eigenvalue weighted by atomic mass is 9.95. The van der Waals surface area contributed by atoms with Gasteiger partial charge in [0, 0.05) is 11.8 Å². The quantitative estimate of drug-likeness (QED) is 0.374. The van der Waals surface area contributed by atoms with Crippen molar-refractivity contribution in [1.29, 1.82) is 0 Å². The summed E-state index contributed by atoms with van der Waals surface area (Å²) in [7, 11) is 0. The van der Waals surface area contributed by atoms with Gasteiger partial charge in [0.15, 0.2) is 11.5 Å². The van der Waals surface area contributed by atoms with E-state index in [1.165, 1.54) is 29.2 Å². The van der Waals surface area contributed by atoms with Crippen molar-refractivity contribution in [2.24, 2.45) is 0 Å². The summed E-state index contributed by atoms with van der Waals surface area (Å²) in [4.78, 5) is 31.7. The molecule has 1 unspecified atom stereocenters. The second-order valence-corrected chi connectivity index (χ2v) is 7.66. The van der Waals surface area contributed by atoms with Crippen LogP contribution in [-0.4, -0.2) is 39.9 Å². The second kappa shape index (κ2) is 8.38. The molecule has 0 bridgehead atoms. The van der Waals surface area contributed by atoms with Gasteiger partial charge in [-0.15, -0.1) is 0 Å². The first-order valence-corrected chi connectivity index (χ1v) is 10.4. The molecule has 2 aromatic carbocycles. The van der Waals surface area contributed by atoms with E-state index in [0.29, 0.717) is 41.5 Å². The third-order valence-electron chi connectivity index (χ3n) is 5.60. The van der Waals surface area contributed by atoms with E-state index in [2.05, 4.69) is 4.98 Å². The molecule has 33 heavy (non-hydrogen) atoms. The highest BCUT2D eigenvalue weighted by atomic mass is 19.1. The number of ketones is 1. The topological polar surface area (TPSA) is 89.0 Å². The minimum atomic E-state index is -0.916. The Labute approximate surface area is 188 Å². The van der Waals surface area contributed by atoms with Crippen molar-refractivity contribution in [2.45, 2.75) is 12.6 Å². The molecule has 0 spiro atoms. The number of likely N-dealkylation sites (tertiary alicyclic amines) is 1. The SMILES string of the molecule is O=C1C(=O)N(Cc2ccccn2)C(c2ccc(F)cc2)/C1=C(/O)c1ccc2c(c1)OCCO2. The lowest BCUT2D eigenvalue weighted by molar-refractivity contribution is -0.140. The maximum absolute atomic E-state index is 13.6. The third kappa shape index (κ3) is 3.80. The molecule has 1 atom stereocenters. The Bertz CT molecular complexity index is 1260. The minimum Gasteiger partial charge on any atom is -0.507 e. The Morgan fingerprint density at radius 3 is 2.52 bits per heavy atom. The molecule has 2 aliphatic heterocycles. The molecule has 166 valence electrons. The zero-order valence-corrected chi connectivity index (χ0v) is 17.4. The zero-order chi connectivity index (χ0) is 22.9. The van der Waals surface area contributed by atoms with E-state index >= 15 is 0 Å². The first-order chi connectivity index (χ1) is 16.0. The molecule has 1 N–H and O–H groups in total. The molecule has 1 fully saturated rings. The number of aromatic nitrogens is 1. The van der Waals surface area contributed by atoms with Crippen LogP contribution in [0.25, 0.3) is 5.76 Å². The van der Waals surface area contributed by atoms with Gasteiger partial charge in [0.2, 0.25) is 0 Å². The van der Waals surface area contributed by atoms with Crippen molar-refractivity contribution in [1.82, 2.24) is 9.88 Å². The molecular weight excluding hydrogens is 427 g/mol. The summed E-state index contributed by atoms with van der Waals surface area (Å²) < 4.78 is 24.7. The number of rotatable bonds is 4. The number of pyridine rings is 1. The highest BCUT2D eigenvalue weighted by Gasteiger charge is 2.46. The number of halogens is 1. The van der Waals surface area contributed by atoms with Crippen molar-refractivity contribution in [3.05, 3.63) is 95.1 Å². The average molecular weight is 446 g/mol. The standard InChI is InChI=1S/C25H19FN2O5/c26-17-7-4-15(5-8-17)22-21(23(29)16-6-9-19-20(13-16)33-12-11-32-19)24(30)25(31)28(22)14-18-3-1-2-10-27-18/h1-10,13,22,29H,11-12,14H2/b23-21-. The van der Waals surface area contributed by atoms with Crippen LogP contribution in [0.2, 0.25) is 0 Å². The number of hydrogen-bond donors (Lipinski definition) is 1. The maximum Gasteiger partial charge on any atom is 0.296 e. The molecule has 0 saturated carbocycles. The first-order valence-electron chi connectivity index (χ1n) is 10.4. The van der Waals surface area contributed by atoms with Crippen LogP contribution in [0.4, 0.5) is 4.39 Å². The molecule has 3 heterocycles. The predicted octanol–water partition coefficient (Wildman–Crippen LogP) is 3.61. The molecule has 3 aromatic rings. The Hall–Kier alpha value is -4.20. The van der Waals surface area contributed by atoms with Crippen LogP contribution in [0.1, 0.15) is 22.9 Å². The first kappa shape index (κ1) is 20.7. The van der Waals surface area contributed by atoms with Gasteiger partial charge in [-0.25, -0.2) is 4.39 Å². The Balaban J connectivity index is 1.63. The van der Waals surface area contributed by atoms with E-state index in [0.717, 1.165) is 0 Å². The number of aliphatic hydroxyl groups is 1. The highest BCUT2D eigenvalue weighted by molar-refractivity contribution is 6.46. The minimum absolute atomic E-state index is 0.0470. The Morgan fingerprint density at radius 2 is 1.79 bits per heavy atom. The second-order valence-electron chi connectivity index (χ2n) is 7.66. The van der Waals surface area contributed by atoms with E-state index in [4.69, 9.17) is 9.47 Å². The summed E-state index contributed by atoms with van der Waals surface area (Å²) in [5.41, 5.74) is 1.29. The van der Waals surface area contributed by atoms with Crippen LogP contribution in [0, 0.1) is 5.82 Å². The summed E-state index contributed by atoms with van der Waals surface area (Å²) in [6.07, 6.45) is 1.59. The van der Waals surface area contributed by atoms with Crippen LogP contribution in [-0.2, 0) is 16.1 Å². The van der Waals surface area contributed by atoms with E-state index < -0.39 is 23.5 Å². The van der Waals surface area contributed by atoms with Crippen LogP contribution in [0.15, 0.2) is 72.4 Å². The largest absolute Gasteiger partial charge is 0.507 e. The van der Waals surface area contributed by atoms with Crippen LogP contribution in [0.3, 0.4) is 0 Å². The highest BCUT2D eigenvalue weighted by Crippen LogP contribution is 2.41. The van der Waals surface area contributed by atoms with E-state index in [1.54, 1.807) is 42.6 Å². The molecule has 1 aromatic heterocycles. The van der Waals surface area contributed by atoms with Gasteiger partial charge in [-0.3, -0.25) is 14.6 Å². The number of hydrogen-bond acceptors (Lipinski definition) is 6. The van der Waals surface area contributed by atoms with Crippen molar-refractivity contribution in [3.8, 4) is 11.5 Å². The number of benzene rings is 2. The average Bonchev–Trinajstić information content (AvgIpc) is 3.09. The van der Waals surface area contributed by atoms with E-state index in [1.807, 2.05) is 0 Å². The summed E-state index contributed by atoms with van der Waals surface area (Å²) >= 11 is 0. The predicted molar refractivity (Wildman–Crippen MR) is 116 cm³/mol. The summed E-state index contributed by atoms with van der Waals surface area (Å²) in [6.45, 7) is 0.828. The molecule has 8 heteroatoms. The Morgan fingerprint density at radius 1 is 1.03 bits per heavy atom. The van der Waals surface area contributed by atoms with Gasteiger partial charge in [0.25, 0.3) is 11.7 Å². The molecule has 5 rings (SSSR count). The molecule has 0 aliphatic carbocycles. The van der Waals surface area contributed by atoms with Gasteiger partial charge in [-0.2, -0.15) is 0 Å². The number of ether oxygens (including phenoxy) is 2. The third-order valence-corrected chi connectivity index (χ3v) is 5.60. The Kier molecular flexibility index (Phi) is 5.26. The van der Waals surface area contributed by atoms with Gasteiger partial charge in [0.1, 0.15) is 24.8 Å². The summed E-state index contributed by atoms with van der Waals surface area (Å²) in [5, 5.41) is 11.2. The number of aliphatic hydroxyl groups excluding tert-OH is 1. The van der Waals surface area contributed by atoms with E-state index in [9.17, 15) is 19.1 Å². The molecule has 0 radical (unpaired) electrons. The lowest BCUT2D eigenvalue weighted by Crippen LogP contribution is -2.29. The van der Waals surface area contributed by atoms with Gasteiger partial charge >= 0.3 is 0 Å². The number of carbonyl (C=O) groups is 2. The fourth-order valence-electron chi connectivity index (χ4n) is 4.05. The van der Waals surface area contributed by atoms with Gasteiger partial charge in [-0.05, 0) is 48.0 Å². The van der Waals surface area contributed by atoms with Gasteiger partial charge in [-0.1, -0.05) is 18.2 Å². The summed E-state index contributed by atoms with van der Waals surface area (Å²) in [5.74, 6) is -1.42. The summed E-state index contributed by atoms with van der Waals surface area (Å²) in [6, 6.07) is 14.6. The van der Waals surface area contributed by atoms with Crippen molar-refractivity contribution < 1.29 is 28.6 Å². The van der Waals surface area contributed by atoms with Crippen LogP contribution < -0.4 is 9.47 Å². The number of Topliss-reactive ketones (excluding diaryl/α,β-unsaturated/α-hetero) is 1. The monoisotopic (exact) mass is 446 g/mol. The van der Waals surface area contributed by atoms with Crippen LogP contribution >= 0.6 is 0 Å². The maximum atomic E-state index is 13.6. The number of carbonyl (C=O) groups excluding carboxylic acids is 2. The van der Waals surface area contributed by atoms with Crippen molar-refractivity contribution >= 4 is 17.4 Å². The number of fused-ring (bicyclic) bond motifs is 1. The molecular formula is C25H19FN2O5. The molecule has 1 saturated heterocycles. The number of amides is 1. The van der Waals surface area contributed by atoms with E-state index in [-0.39, 0.29) is 17.9 Å². The van der Waals surface area contributed by atoms with Gasteiger partial charge in [0.05, 0.1) is 23.9 Å². The molecule has 7 nitrogen and oxygen atoms in total.